The number of rotatable bonds is 1. The van der Waals surface area contributed by atoms with Gasteiger partial charge in [0.05, 0.1) is 0 Å². The molecule has 1 fully saturated rings. The highest BCUT2D eigenvalue weighted by molar-refractivity contribution is 6.31. The number of pyridine rings is 1. The molecule has 0 saturated carbocycles. The molecule has 0 amide bonds. The minimum absolute atomic E-state index is 0.422. The van der Waals surface area contributed by atoms with Crippen LogP contribution < -0.4 is 5.32 Å². The smallest absolute Gasteiger partial charge is 0.0484 e. The van der Waals surface area contributed by atoms with Crippen molar-refractivity contribution < 1.29 is 0 Å². The van der Waals surface area contributed by atoms with Crippen LogP contribution in [0.2, 0.25) is 5.02 Å². The van der Waals surface area contributed by atoms with Gasteiger partial charge in [-0.15, -0.1) is 0 Å². The Hall–Kier alpha value is -0.600. The van der Waals surface area contributed by atoms with Gasteiger partial charge in [-0.05, 0) is 25.5 Å². The largest absolute Gasteiger partial charge is 0.310 e. The summed E-state index contributed by atoms with van der Waals surface area (Å²) in [4.78, 5) is 4.07. The summed E-state index contributed by atoms with van der Waals surface area (Å²) in [5.74, 6) is 0. The van der Waals surface area contributed by atoms with Crippen LogP contribution >= 0.6 is 11.6 Å². The highest BCUT2D eigenvalue weighted by atomic mass is 35.5. The van der Waals surface area contributed by atoms with Gasteiger partial charge in [-0.25, -0.2) is 0 Å². The number of hydrogen-bond acceptors (Lipinski definition) is 2. The zero-order chi connectivity index (χ0) is 8.39. The van der Waals surface area contributed by atoms with E-state index in [9.17, 15) is 0 Å². The lowest BCUT2D eigenvalue weighted by Gasteiger charge is -2.10. The summed E-state index contributed by atoms with van der Waals surface area (Å²) in [6.45, 7) is 1.09. The van der Waals surface area contributed by atoms with Crippen LogP contribution in [0.15, 0.2) is 18.5 Å². The van der Waals surface area contributed by atoms with E-state index in [0.717, 1.165) is 17.1 Å². The van der Waals surface area contributed by atoms with E-state index >= 15 is 0 Å². The number of nitrogens with one attached hydrogen (secondary N) is 1. The zero-order valence-corrected chi connectivity index (χ0v) is 7.51. The first-order valence-electron chi connectivity index (χ1n) is 4.21. The summed E-state index contributed by atoms with van der Waals surface area (Å²) in [5, 5.41) is 4.21. The van der Waals surface area contributed by atoms with E-state index in [4.69, 9.17) is 11.6 Å². The molecule has 0 aromatic carbocycles. The average Bonchev–Trinajstić information content (AvgIpc) is 2.57. The Morgan fingerprint density at radius 3 is 3.17 bits per heavy atom. The van der Waals surface area contributed by atoms with Gasteiger partial charge in [-0.2, -0.15) is 0 Å². The van der Waals surface area contributed by atoms with Crippen molar-refractivity contribution >= 4 is 11.6 Å². The molecule has 1 saturated heterocycles. The Morgan fingerprint density at radius 1 is 1.58 bits per heavy atom. The lowest BCUT2D eigenvalue weighted by molar-refractivity contribution is 0.645. The van der Waals surface area contributed by atoms with Gasteiger partial charge in [0, 0.05) is 29.0 Å². The van der Waals surface area contributed by atoms with Gasteiger partial charge in [0.15, 0.2) is 0 Å². The number of halogens is 1. The molecule has 3 heteroatoms. The second-order valence-electron chi connectivity index (χ2n) is 3.05. The summed E-state index contributed by atoms with van der Waals surface area (Å²) >= 11 is 6.02. The summed E-state index contributed by atoms with van der Waals surface area (Å²) < 4.78 is 0. The molecule has 1 aliphatic rings. The Bertz CT molecular complexity index is 269. The quantitative estimate of drug-likeness (QED) is 0.720. The van der Waals surface area contributed by atoms with Crippen molar-refractivity contribution in [2.24, 2.45) is 0 Å². The molecule has 64 valence electrons. The van der Waals surface area contributed by atoms with E-state index in [2.05, 4.69) is 10.3 Å². The fourth-order valence-electron chi connectivity index (χ4n) is 1.60. The lowest BCUT2D eigenvalue weighted by Crippen LogP contribution is -2.13. The molecular weight excluding hydrogens is 172 g/mol. The van der Waals surface area contributed by atoms with Gasteiger partial charge in [0.2, 0.25) is 0 Å². The fourth-order valence-corrected chi connectivity index (χ4v) is 1.83. The van der Waals surface area contributed by atoms with E-state index in [1.54, 1.807) is 6.20 Å². The molecule has 1 aromatic heterocycles. The highest BCUT2D eigenvalue weighted by Crippen LogP contribution is 2.27. The first-order valence-corrected chi connectivity index (χ1v) is 4.58. The van der Waals surface area contributed by atoms with Crippen molar-refractivity contribution in [3.63, 3.8) is 0 Å². The van der Waals surface area contributed by atoms with Crippen LogP contribution in [0.1, 0.15) is 24.4 Å². The fraction of sp³-hybridized carbons (Fsp3) is 0.444. The Labute approximate surface area is 77.0 Å². The Balaban J connectivity index is 2.26. The summed E-state index contributed by atoms with van der Waals surface area (Å²) in [6.07, 6.45) is 5.98. The first kappa shape index (κ1) is 8.02. The third-order valence-corrected chi connectivity index (χ3v) is 2.58. The normalized spacial score (nSPS) is 22.9. The third-order valence-electron chi connectivity index (χ3n) is 2.23. The summed E-state index contributed by atoms with van der Waals surface area (Å²) in [6, 6.07) is 2.27. The first-order chi connectivity index (χ1) is 5.88. The monoisotopic (exact) mass is 182 g/mol. The maximum Gasteiger partial charge on any atom is 0.0484 e. The second kappa shape index (κ2) is 3.42. The molecule has 0 spiro atoms. The van der Waals surface area contributed by atoms with E-state index < -0.39 is 0 Å². The molecular formula is C9H11ClN2. The molecule has 1 aliphatic heterocycles. The minimum Gasteiger partial charge on any atom is -0.310 e. The average molecular weight is 183 g/mol. The Morgan fingerprint density at radius 2 is 2.50 bits per heavy atom. The molecule has 1 N–H and O–H groups in total. The molecule has 12 heavy (non-hydrogen) atoms. The Kier molecular flexibility index (Phi) is 2.28. The third kappa shape index (κ3) is 1.45. The molecule has 2 nitrogen and oxygen atoms in total. The van der Waals surface area contributed by atoms with Gasteiger partial charge in [-0.1, -0.05) is 11.6 Å². The highest BCUT2D eigenvalue weighted by Gasteiger charge is 2.18. The summed E-state index contributed by atoms with van der Waals surface area (Å²) in [5.41, 5.74) is 1.14. The van der Waals surface area contributed by atoms with Gasteiger partial charge < -0.3 is 5.32 Å². The molecule has 1 atom stereocenters. The number of aromatic nitrogens is 1. The molecule has 1 aromatic rings. The number of nitrogens with zero attached hydrogens (tertiary/aromatic N) is 1. The molecule has 0 unspecified atom stereocenters. The maximum atomic E-state index is 6.02. The molecule has 0 bridgehead atoms. The standard InChI is InChI=1S/C9H11ClN2/c10-8-3-5-11-6-7(8)9-2-1-4-12-9/h3,5-6,9,12H,1-2,4H2/t9-/m0/s1. The number of hydrogen-bond donors (Lipinski definition) is 1. The predicted molar refractivity (Wildman–Crippen MR) is 49.2 cm³/mol. The molecule has 0 aliphatic carbocycles. The maximum absolute atomic E-state index is 6.02. The minimum atomic E-state index is 0.422. The molecule has 2 heterocycles. The van der Waals surface area contributed by atoms with E-state index in [0.29, 0.717) is 6.04 Å². The zero-order valence-electron chi connectivity index (χ0n) is 6.76. The van der Waals surface area contributed by atoms with Crippen LogP contribution in [0.25, 0.3) is 0 Å². The van der Waals surface area contributed by atoms with Crippen molar-refractivity contribution in [3.8, 4) is 0 Å². The van der Waals surface area contributed by atoms with Gasteiger partial charge in [-0.3, -0.25) is 4.98 Å². The van der Waals surface area contributed by atoms with E-state index in [-0.39, 0.29) is 0 Å². The van der Waals surface area contributed by atoms with Crippen molar-refractivity contribution in [1.82, 2.24) is 10.3 Å². The van der Waals surface area contributed by atoms with Crippen molar-refractivity contribution in [2.75, 3.05) is 6.54 Å². The van der Waals surface area contributed by atoms with E-state index in [1.807, 2.05) is 12.3 Å². The van der Waals surface area contributed by atoms with Crippen LogP contribution in [0.5, 0.6) is 0 Å². The molecule has 2 rings (SSSR count). The summed E-state index contributed by atoms with van der Waals surface area (Å²) in [7, 11) is 0. The van der Waals surface area contributed by atoms with Crippen LogP contribution in [0.3, 0.4) is 0 Å². The van der Waals surface area contributed by atoms with Gasteiger partial charge in [0.1, 0.15) is 0 Å². The van der Waals surface area contributed by atoms with Crippen molar-refractivity contribution in [1.29, 1.82) is 0 Å². The molecule has 0 radical (unpaired) electrons. The van der Waals surface area contributed by atoms with Crippen LogP contribution in [0.4, 0.5) is 0 Å². The van der Waals surface area contributed by atoms with Crippen molar-refractivity contribution in [3.05, 3.63) is 29.0 Å². The van der Waals surface area contributed by atoms with E-state index in [1.165, 1.54) is 12.8 Å². The van der Waals surface area contributed by atoms with Crippen molar-refractivity contribution in [2.45, 2.75) is 18.9 Å². The van der Waals surface area contributed by atoms with Crippen LogP contribution in [-0.2, 0) is 0 Å². The van der Waals surface area contributed by atoms with Gasteiger partial charge in [0.25, 0.3) is 0 Å². The van der Waals surface area contributed by atoms with Crippen LogP contribution in [-0.4, -0.2) is 11.5 Å². The predicted octanol–water partition coefficient (Wildman–Crippen LogP) is 2.16. The SMILES string of the molecule is Clc1ccncc1[C@@H]1CCCN1. The van der Waals surface area contributed by atoms with Gasteiger partial charge >= 0.3 is 0 Å². The second-order valence-corrected chi connectivity index (χ2v) is 3.45. The van der Waals surface area contributed by atoms with Crippen LogP contribution in [0, 0.1) is 0 Å². The topological polar surface area (TPSA) is 24.9 Å². The lowest BCUT2D eigenvalue weighted by atomic mass is 10.1.